The molecule has 1 atom stereocenters. The lowest BCUT2D eigenvalue weighted by atomic mass is 10.1. The highest BCUT2D eigenvalue weighted by Gasteiger charge is 2.14. The molecule has 2 nitrogen and oxygen atoms in total. The van der Waals surface area contributed by atoms with Gasteiger partial charge in [-0.2, -0.15) is 0 Å². The van der Waals surface area contributed by atoms with Crippen LogP contribution >= 0.6 is 0 Å². The Kier molecular flexibility index (Phi) is 4.91. The average Bonchev–Trinajstić information content (AvgIpc) is 2.90. The van der Waals surface area contributed by atoms with E-state index in [0.29, 0.717) is 0 Å². The average molecular weight is 247 g/mol. The summed E-state index contributed by atoms with van der Waals surface area (Å²) in [6.45, 7) is 5.36. The predicted octanol–water partition coefficient (Wildman–Crippen LogP) is 4.47. The highest BCUT2D eigenvalue weighted by molar-refractivity contribution is 5.48. The molecule has 1 aliphatic carbocycles. The Morgan fingerprint density at radius 2 is 2.11 bits per heavy atom. The molecule has 0 heterocycles. The normalized spacial score (nSPS) is 17.7. The van der Waals surface area contributed by atoms with E-state index in [9.17, 15) is 0 Å². The van der Waals surface area contributed by atoms with Crippen molar-refractivity contribution in [2.24, 2.45) is 5.92 Å². The third-order valence-corrected chi connectivity index (χ3v) is 3.82. The summed E-state index contributed by atoms with van der Waals surface area (Å²) in [6.07, 6.45) is 6.91. The van der Waals surface area contributed by atoms with E-state index >= 15 is 0 Å². The van der Waals surface area contributed by atoms with Crippen molar-refractivity contribution in [2.45, 2.75) is 52.1 Å². The van der Waals surface area contributed by atoms with Gasteiger partial charge in [0.05, 0.1) is 6.10 Å². The third kappa shape index (κ3) is 3.94. The largest absolute Gasteiger partial charge is 0.491 e. The molecule has 1 aromatic rings. The molecule has 2 heteroatoms. The van der Waals surface area contributed by atoms with Crippen molar-refractivity contribution < 1.29 is 4.74 Å². The van der Waals surface area contributed by atoms with Gasteiger partial charge in [0, 0.05) is 18.3 Å². The number of benzene rings is 1. The topological polar surface area (TPSA) is 21.3 Å². The minimum absolute atomic E-state index is 0.287. The van der Waals surface area contributed by atoms with E-state index in [0.717, 1.165) is 24.6 Å². The van der Waals surface area contributed by atoms with Crippen molar-refractivity contribution >= 4 is 5.69 Å². The number of hydrogen-bond donors (Lipinski definition) is 1. The first-order valence-electron chi connectivity index (χ1n) is 7.28. The summed E-state index contributed by atoms with van der Waals surface area (Å²) in [6, 6.07) is 8.33. The monoisotopic (exact) mass is 247 g/mol. The maximum Gasteiger partial charge on any atom is 0.121 e. The third-order valence-electron chi connectivity index (χ3n) is 3.82. The molecule has 100 valence electrons. The summed E-state index contributed by atoms with van der Waals surface area (Å²) in [5.41, 5.74) is 1.18. The molecule has 0 aromatic heterocycles. The van der Waals surface area contributed by atoms with Gasteiger partial charge in [-0.25, -0.2) is 0 Å². The van der Waals surface area contributed by atoms with E-state index in [-0.39, 0.29) is 6.10 Å². The fourth-order valence-corrected chi connectivity index (χ4v) is 2.47. The number of nitrogens with one attached hydrogen (secondary N) is 1. The lowest BCUT2D eigenvalue weighted by Crippen LogP contribution is -2.12. The van der Waals surface area contributed by atoms with Crippen LogP contribution in [0.3, 0.4) is 0 Å². The highest BCUT2D eigenvalue weighted by Crippen LogP contribution is 2.26. The Balaban J connectivity index is 1.86. The molecule has 2 rings (SSSR count). The van der Waals surface area contributed by atoms with Crippen molar-refractivity contribution in [1.82, 2.24) is 0 Å². The number of ether oxygens (including phenoxy) is 1. The van der Waals surface area contributed by atoms with Crippen LogP contribution in [-0.2, 0) is 0 Å². The number of hydrogen-bond acceptors (Lipinski definition) is 2. The SMILES string of the molecule is CCC(C)Oc1cccc(NCC2CCCC2)c1. The van der Waals surface area contributed by atoms with Crippen molar-refractivity contribution in [1.29, 1.82) is 0 Å². The number of anilines is 1. The fourth-order valence-electron chi connectivity index (χ4n) is 2.47. The summed E-state index contributed by atoms with van der Waals surface area (Å²) in [7, 11) is 0. The maximum atomic E-state index is 5.84. The molecular formula is C16H25NO. The van der Waals surface area contributed by atoms with E-state index in [1.54, 1.807) is 0 Å². The lowest BCUT2D eigenvalue weighted by Gasteiger charge is -2.15. The first-order valence-corrected chi connectivity index (χ1v) is 7.28. The van der Waals surface area contributed by atoms with Gasteiger partial charge in [-0.05, 0) is 44.2 Å². The van der Waals surface area contributed by atoms with Gasteiger partial charge in [-0.15, -0.1) is 0 Å². The van der Waals surface area contributed by atoms with Gasteiger partial charge in [0.15, 0.2) is 0 Å². The van der Waals surface area contributed by atoms with Crippen LogP contribution in [0.1, 0.15) is 46.0 Å². The van der Waals surface area contributed by atoms with Gasteiger partial charge in [0.25, 0.3) is 0 Å². The molecule has 18 heavy (non-hydrogen) atoms. The fraction of sp³-hybridized carbons (Fsp3) is 0.625. The maximum absolute atomic E-state index is 5.84. The van der Waals surface area contributed by atoms with E-state index in [1.807, 2.05) is 6.07 Å². The molecule has 0 aliphatic heterocycles. The van der Waals surface area contributed by atoms with Crippen LogP contribution in [0.15, 0.2) is 24.3 Å². The van der Waals surface area contributed by atoms with Crippen LogP contribution in [-0.4, -0.2) is 12.6 Å². The van der Waals surface area contributed by atoms with Crippen LogP contribution in [0, 0.1) is 5.92 Å². The zero-order valence-corrected chi connectivity index (χ0v) is 11.6. The van der Waals surface area contributed by atoms with Crippen LogP contribution in [0.5, 0.6) is 5.75 Å². The quantitative estimate of drug-likeness (QED) is 0.801. The van der Waals surface area contributed by atoms with Crippen molar-refractivity contribution in [3.8, 4) is 5.75 Å². The standard InChI is InChI=1S/C16H25NO/c1-3-13(2)18-16-10-6-9-15(11-16)17-12-14-7-4-5-8-14/h6,9-11,13-14,17H,3-5,7-8,12H2,1-2H3. The Morgan fingerprint density at radius 1 is 1.33 bits per heavy atom. The van der Waals surface area contributed by atoms with Crippen LogP contribution in [0.2, 0.25) is 0 Å². The van der Waals surface area contributed by atoms with Crippen LogP contribution in [0.4, 0.5) is 5.69 Å². The Labute approximate surface area is 111 Å². The number of rotatable bonds is 6. The van der Waals surface area contributed by atoms with Crippen molar-refractivity contribution in [3.63, 3.8) is 0 Å². The second-order valence-corrected chi connectivity index (χ2v) is 5.40. The van der Waals surface area contributed by atoms with Crippen molar-refractivity contribution in [2.75, 3.05) is 11.9 Å². The molecule has 0 saturated heterocycles. The van der Waals surface area contributed by atoms with Crippen molar-refractivity contribution in [3.05, 3.63) is 24.3 Å². The molecule has 1 saturated carbocycles. The molecular weight excluding hydrogens is 222 g/mol. The van der Waals surface area contributed by atoms with Gasteiger partial charge in [-0.1, -0.05) is 25.8 Å². The van der Waals surface area contributed by atoms with E-state index in [2.05, 4.69) is 37.4 Å². The molecule has 0 spiro atoms. The summed E-state index contributed by atoms with van der Waals surface area (Å²) in [5, 5.41) is 3.54. The summed E-state index contributed by atoms with van der Waals surface area (Å²) in [5.74, 6) is 1.84. The Bertz CT molecular complexity index is 358. The van der Waals surface area contributed by atoms with Gasteiger partial charge in [0.2, 0.25) is 0 Å². The molecule has 1 unspecified atom stereocenters. The molecule has 1 aliphatic rings. The minimum atomic E-state index is 0.287. The zero-order chi connectivity index (χ0) is 12.8. The smallest absolute Gasteiger partial charge is 0.121 e. The van der Waals surface area contributed by atoms with Crippen LogP contribution in [0.25, 0.3) is 0 Å². The zero-order valence-electron chi connectivity index (χ0n) is 11.6. The van der Waals surface area contributed by atoms with E-state index in [4.69, 9.17) is 4.74 Å². The molecule has 1 fully saturated rings. The summed E-state index contributed by atoms with van der Waals surface area (Å²) < 4.78 is 5.84. The second kappa shape index (κ2) is 6.67. The lowest BCUT2D eigenvalue weighted by molar-refractivity contribution is 0.217. The molecule has 0 radical (unpaired) electrons. The van der Waals surface area contributed by atoms with Crippen LogP contribution < -0.4 is 10.1 Å². The second-order valence-electron chi connectivity index (χ2n) is 5.40. The minimum Gasteiger partial charge on any atom is -0.491 e. The molecule has 1 aromatic carbocycles. The Morgan fingerprint density at radius 3 is 2.83 bits per heavy atom. The molecule has 1 N–H and O–H groups in total. The van der Waals surface area contributed by atoms with Gasteiger partial charge in [-0.3, -0.25) is 0 Å². The summed E-state index contributed by atoms with van der Waals surface area (Å²) >= 11 is 0. The van der Waals surface area contributed by atoms with E-state index in [1.165, 1.54) is 31.4 Å². The van der Waals surface area contributed by atoms with Gasteiger partial charge < -0.3 is 10.1 Å². The van der Waals surface area contributed by atoms with Gasteiger partial charge >= 0.3 is 0 Å². The molecule has 0 bridgehead atoms. The summed E-state index contributed by atoms with van der Waals surface area (Å²) in [4.78, 5) is 0. The first-order chi connectivity index (χ1) is 8.78. The van der Waals surface area contributed by atoms with E-state index < -0.39 is 0 Å². The molecule has 0 amide bonds. The van der Waals surface area contributed by atoms with Gasteiger partial charge in [0.1, 0.15) is 5.75 Å². The highest BCUT2D eigenvalue weighted by atomic mass is 16.5. The Hall–Kier alpha value is -1.18. The first kappa shape index (κ1) is 13.3. The predicted molar refractivity (Wildman–Crippen MR) is 77.3 cm³/mol.